The zero-order chi connectivity index (χ0) is 14.4. The van der Waals surface area contributed by atoms with Gasteiger partial charge in [0.15, 0.2) is 0 Å². The standard InChI is InChI=1S/C16H22N2O2/c17-15(19)14(11-12-7-3-1-4-8-12)18-16(20)13-9-5-2-6-10-13/h1,3-4,7-8,13-14H,2,5-6,9-11H2,(H2,17,19)(H,18,20)/t14-/m1/s1. The van der Waals surface area contributed by atoms with Crippen LogP contribution in [0.25, 0.3) is 0 Å². The number of amides is 2. The Hall–Kier alpha value is -1.84. The van der Waals surface area contributed by atoms with Crippen molar-refractivity contribution in [1.82, 2.24) is 5.32 Å². The van der Waals surface area contributed by atoms with Crippen molar-refractivity contribution >= 4 is 11.8 Å². The normalized spacial score (nSPS) is 17.4. The van der Waals surface area contributed by atoms with Gasteiger partial charge in [-0.25, -0.2) is 0 Å². The van der Waals surface area contributed by atoms with Crippen LogP contribution >= 0.6 is 0 Å². The zero-order valence-corrected chi connectivity index (χ0v) is 11.7. The monoisotopic (exact) mass is 274 g/mol. The number of benzene rings is 1. The van der Waals surface area contributed by atoms with Crippen LogP contribution in [0.5, 0.6) is 0 Å². The molecule has 0 saturated heterocycles. The second-order valence-electron chi connectivity index (χ2n) is 5.49. The number of carbonyl (C=O) groups excluding carboxylic acids is 2. The minimum Gasteiger partial charge on any atom is -0.368 e. The van der Waals surface area contributed by atoms with E-state index in [1.165, 1.54) is 6.42 Å². The third-order valence-corrected chi connectivity index (χ3v) is 3.92. The molecule has 0 aromatic heterocycles. The first-order valence-corrected chi connectivity index (χ1v) is 7.30. The molecular formula is C16H22N2O2. The lowest BCUT2D eigenvalue weighted by molar-refractivity contribution is -0.130. The van der Waals surface area contributed by atoms with Crippen LogP contribution in [0, 0.1) is 5.92 Å². The summed E-state index contributed by atoms with van der Waals surface area (Å²) in [5.74, 6) is -0.455. The molecule has 4 nitrogen and oxygen atoms in total. The summed E-state index contributed by atoms with van der Waals surface area (Å²) in [5, 5.41) is 2.82. The summed E-state index contributed by atoms with van der Waals surface area (Å²) in [7, 11) is 0. The average molecular weight is 274 g/mol. The number of hydrogen-bond donors (Lipinski definition) is 2. The van der Waals surface area contributed by atoms with Gasteiger partial charge in [-0.2, -0.15) is 0 Å². The lowest BCUT2D eigenvalue weighted by Crippen LogP contribution is -2.48. The molecule has 3 N–H and O–H groups in total. The molecule has 2 rings (SSSR count). The van der Waals surface area contributed by atoms with Crippen LogP contribution in [0.15, 0.2) is 30.3 Å². The summed E-state index contributed by atoms with van der Waals surface area (Å²) < 4.78 is 0. The highest BCUT2D eigenvalue weighted by molar-refractivity contribution is 5.87. The van der Waals surface area contributed by atoms with Crippen molar-refractivity contribution < 1.29 is 9.59 Å². The van der Waals surface area contributed by atoms with Gasteiger partial charge in [0.05, 0.1) is 0 Å². The van der Waals surface area contributed by atoms with Gasteiger partial charge in [-0.3, -0.25) is 9.59 Å². The fourth-order valence-electron chi connectivity index (χ4n) is 2.73. The van der Waals surface area contributed by atoms with Crippen molar-refractivity contribution in [1.29, 1.82) is 0 Å². The van der Waals surface area contributed by atoms with E-state index in [1.807, 2.05) is 30.3 Å². The fourth-order valence-corrected chi connectivity index (χ4v) is 2.73. The number of hydrogen-bond acceptors (Lipinski definition) is 2. The Morgan fingerprint density at radius 2 is 1.80 bits per heavy atom. The van der Waals surface area contributed by atoms with Gasteiger partial charge in [-0.1, -0.05) is 49.6 Å². The van der Waals surface area contributed by atoms with E-state index >= 15 is 0 Å². The van der Waals surface area contributed by atoms with E-state index in [2.05, 4.69) is 5.32 Å². The predicted octanol–water partition coefficient (Wildman–Crippen LogP) is 1.78. The van der Waals surface area contributed by atoms with Crippen molar-refractivity contribution in [3.8, 4) is 0 Å². The van der Waals surface area contributed by atoms with Crippen molar-refractivity contribution in [2.24, 2.45) is 11.7 Å². The molecule has 1 saturated carbocycles. The van der Waals surface area contributed by atoms with E-state index in [4.69, 9.17) is 5.73 Å². The van der Waals surface area contributed by atoms with Gasteiger partial charge < -0.3 is 11.1 Å². The molecule has 1 aliphatic rings. The van der Waals surface area contributed by atoms with Gasteiger partial charge in [0, 0.05) is 12.3 Å². The smallest absolute Gasteiger partial charge is 0.240 e. The Balaban J connectivity index is 1.95. The molecule has 0 aliphatic heterocycles. The number of nitrogens with one attached hydrogen (secondary N) is 1. The highest BCUT2D eigenvalue weighted by atomic mass is 16.2. The molecule has 2 amide bonds. The summed E-state index contributed by atoms with van der Waals surface area (Å²) in [5.41, 5.74) is 6.41. The van der Waals surface area contributed by atoms with Crippen LogP contribution in [-0.4, -0.2) is 17.9 Å². The van der Waals surface area contributed by atoms with Crippen LogP contribution in [0.4, 0.5) is 0 Å². The van der Waals surface area contributed by atoms with E-state index in [0.29, 0.717) is 6.42 Å². The molecule has 1 aliphatic carbocycles. The van der Waals surface area contributed by atoms with Crippen LogP contribution in [0.3, 0.4) is 0 Å². The minimum atomic E-state index is -0.619. The van der Waals surface area contributed by atoms with Crippen molar-refractivity contribution in [2.45, 2.75) is 44.6 Å². The molecule has 4 heteroatoms. The zero-order valence-electron chi connectivity index (χ0n) is 11.7. The van der Waals surface area contributed by atoms with Gasteiger partial charge in [0.25, 0.3) is 0 Å². The molecule has 1 fully saturated rings. The van der Waals surface area contributed by atoms with E-state index in [1.54, 1.807) is 0 Å². The maximum absolute atomic E-state index is 12.2. The van der Waals surface area contributed by atoms with Gasteiger partial charge in [0.1, 0.15) is 6.04 Å². The summed E-state index contributed by atoms with van der Waals surface area (Å²) in [6, 6.07) is 8.99. The first-order valence-electron chi connectivity index (χ1n) is 7.30. The largest absolute Gasteiger partial charge is 0.368 e. The molecule has 0 radical (unpaired) electrons. The third kappa shape index (κ3) is 4.08. The first kappa shape index (κ1) is 14.6. The number of primary amides is 1. The average Bonchev–Trinajstić information content (AvgIpc) is 2.48. The molecule has 0 spiro atoms. The predicted molar refractivity (Wildman–Crippen MR) is 77.8 cm³/mol. The molecular weight excluding hydrogens is 252 g/mol. The first-order chi connectivity index (χ1) is 9.66. The molecule has 0 heterocycles. The Kier molecular flexibility index (Phi) is 5.16. The Labute approximate surface area is 119 Å². The molecule has 108 valence electrons. The second kappa shape index (κ2) is 7.08. The Morgan fingerprint density at radius 3 is 2.40 bits per heavy atom. The summed E-state index contributed by atoms with van der Waals surface area (Å²) in [6.07, 6.45) is 5.68. The maximum Gasteiger partial charge on any atom is 0.240 e. The van der Waals surface area contributed by atoms with E-state index < -0.39 is 11.9 Å². The van der Waals surface area contributed by atoms with Crippen molar-refractivity contribution in [2.75, 3.05) is 0 Å². The quantitative estimate of drug-likeness (QED) is 0.859. The lowest BCUT2D eigenvalue weighted by Gasteiger charge is -2.23. The van der Waals surface area contributed by atoms with Gasteiger partial charge in [-0.05, 0) is 18.4 Å². The topological polar surface area (TPSA) is 72.2 Å². The van der Waals surface area contributed by atoms with E-state index in [9.17, 15) is 9.59 Å². The summed E-state index contributed by atoms with van der Waals surface area (Å²) in [4.78, 5) is 23.7. The Bertz CT molecular complexity index is 453. The van der Waals surface area contributed by atoms with Crippen LogP contribution in [0.2, 0.25) is 0 Å². The van der Waals surface area contributed by atoms with Gasteiger partial charge >= 0.3 is 0 Å². The van der Waals surface area contributed by atoms with Crippen LogP contribution < -0.4 is 11.1 Å². The molecule has 1 aromatic rings. The highest BCUT2D eigenvalue weighted by Crippen LogP contribution is 2.23. The lowest BCUT2D eigenvalue weighted by atomic mass is 9.88. The SMILES string of the molecule is NC(=O)[C@@H](Cc1ccccc1)NC(=O)C1CCCCC1. The number of rotatable bonds is 5. The fraction of sp³-hybridized carbons (Fsp3) is 0.500. The molecule has 20 heavy (non-hydrogen) atoms. The van der Waals surface area contributed by atoms with Gasteiger partial charge in [0.2, 0.25) is 11.8 Å². The summed E-state index contributed by atoms with van der Waals surface area (Å²) in [6.45, 7) is 0. The van der Waals surface area contributed by atoms with Crippen LogP contribution in [0.1, 0.15) is 37.7 Å². The second-order valence-corrected chi connectivity index (χ2v) is 5.49. The third-order valence-electron chi connectivity index (χ3n) is 3.92. The van der Waals surface area contributed by atoms with Crippen LogP contribution in [-0.2, 0) is 16.0 Å². The van der Waals surface area contributed by atoms with E-state index in [0.717, 1.165) is 31.2 Å². The number of nitrogens with two attached hydrogens (primary N) is 1. The molecule has 0 unspecified atom stereocenters. The maximum atomic E-state index is 12.2. The highest BCUT2D eigenvalue weighted by Gasteiger charge is 2.25. The minimum absolute atomic E-state index is 0.0237. The van der Waals surface area contributed by atoms with E-state index in [-0.39, 0.29) is 11.8 Å². The number of carbonyl (C=O) groups is 2. The summed E-state index contributed by atoms with van der Waals surface area (Å²) >= 11 is 0. The van der Waals surface area contributed by atoms with Crippen molar-refractivity contribution in [3.63, 3.8) is 0 Å². The molecule has 1 atom stereocenters. The van der Waals surface area contributed by atoms with Gasteiger partial charge in [-0.15, -0.1) is 0 Å². The molecule has 0 bridgehead atoms. The Morgan fingerprint density at radius 1 is 1.15 bits per heavy atom. The van der Waals surface area contributed by atoms with Crippen molar-refractivity contribution in [3.05, 3.63) is 35.9 Å². The molecule has 1 aromatic carbocycles.